The van der Waals surface area contributed by atoms with Crippen LogP contribution in [0.15, 0.2) is 30.3 Å². The molecule has 87 valence electrons. The summed E-state index contributed by atoms with van der Waals surface area (Å²) in [5.41, 5.74) is 1.23. The molecule has 0 amide bonds. The molecule has 2 rings (SSSR count). The van der Waals surface area contributed by atoms with Crippen molar-refractivity contribution >= 4 is 27.8 Å². The SMILES string of the molecule is Br.COc1cc([CH2][Zn])c(OC)c2ccccc12. The summed E-state index contributed by atoms with van der Waals surface area (Å²) >= 11 is 1.22. The van der Waals surface area contributed by atoms with E-state index in [0.717, 1.165) is 27.3 Å². The van der Waals surface area contributed by atoms with E-state index in [9.17, 15) is 0 Å². The molecular formula is C13H14BrO2Zn. The third kappa shape index (κ3) is 2.64. The predicted octanol–water partition coefficient (Wildman–Crippen LogP) is 3.48. The van der Waals surface area contributed by atoms with Crippen molar-refractivity contribution < 1.29 is 27.8 Å². The van der Waals surface area contributed by atoms with Crippen LogP contribution >= 0.6 is 17.0 Å². The van der Waals surface area contributed by atoms with Crippen molar-refractivity contribution in [3.8, 4) is 11.5 Å². The summed E-state index contributed by atoms with van der Waals surface area (Å²) in [6, 6.07) is 10.3. The van der Waals surface area contributed by atoms with Crippen LogP contribution in [0.5, 0.6) is 11.5 Å². The molecule has 4 heteroatoms. The topological polar surface area (TPSA) is 18.5 Å². The summed E-state index contributed by atoms with van der Waals surface area (Å²) in [6.45, 7) is 0. The average molecular weight is 348 g/mol. The molecule has 2 aromatic carbocycles. The zero-order chi connectivity index (χ0) is 11.5. The van der Waals surface area contributed by atoms with Gasteiger partial charge >= 0.3 is 105 Å². The third-order valence-corrected chi connectivity index (χ3v) is 3.86. The van der Waals surface area contributed by atoms with Crippen LogP contribution in [0, 0.1) is 0 Å². The number of methoxy groups -OCH3 is 2. The Morgan fingerprint density at radius 2 is 1.71 bits per heavy atom. The van der Waals surface area contributed by atoms with Gasteiger partial charge in [0.05, 0.1) is 0 Å². The molecule has 0 radical (unpaired) electrons. The van der Waals surface area contributed by atoms with E-state index < -0.39 is 0 Å². The van der Waals surface area contributed by atoms with Gasteiger partial charge in [0.1, 0.15) is 0 Å². The molecule has 0 unspecified atom stereocenters. The molecule has 0 aromatic heterocycles. The van der Waals surface area contributed by atoms with Gasteiger partial charge in [-0.2, -0.15) is 0 Å². The molecule has 0 atom stereocenters. The monoisotopic (exact) mass is 345 g/mol. The van der Waals surface area contributed by atoms with E-state index in [2.05, 4.69) is 18.2 Å². The molecule has 0 spiro atoms. The van der Waals surface area contributed by atoms with Crippen molar-refractivity contribution in [2.45, 2.75) is 5.02 Å². The van der Waals surface area contributed by atoms with E-state index in [0.29, 0.717) is 0 Å². The molecule has 0 N–H and O–H groups in total. The van der Waals surface area contributed by atoms with E-state index in [1.54, 1.807) is 14.2 Å². The summed E-state index contributed by atoms with van der Waals surface area (Å²) in [5, 5.41) is 3.30. The van der Waals surface area contributed by atoms with Crippen LogP contribution < -0.4 is 9.47 Å². The molecule has 17 heavy (non-hydrogen) atoms. The van der Waals surface area contributed by atoms with Gasteiger partial charge in [-0.15, -0.1) is 17.0 Å². The number of benzene rings is 2. The predicted molar refractivity (Wildman–Crippen MR) is 71.1 cm³/mol. The fourth-order valence-corrected chi connectivity index (χ4v) is 2.75. The second kappa shape index (κ2) is 6.37. The first-order valence-electron chi connectivity index (χ1n) is 5.23. The first-order chi connectivity index (χ1) is 7.81. The molecule has 0 saturated heterocycles. The van der Waals surface area contributed by atoms with Crippen LogP contribution in [0.3, 0.4) is 0 Å². The first kappa shape index (κ1) is 14.5. The second-order valence-electron chi connectivity index (χ2n) is 3.57. The number of fused-ring (bicyclic) bond motifs is 1. The molecule has 0 saturated carbocycles. The Balaban J connectivity index is 0.00000144. The van der Waals surface area contributed by atoms with Gasteiger partial charge < -0.3 is 0 Å². The quantitative estimate of drug-likeness (QED) is 0.792. The van der Waals surface area contributed by atoms with Gasteiger partial charge in [0.2, 0.25) is 0 Å². The maximum absolute atomic E-state index is 5.51. The standard InChI is InChI=1S/C13H13O2.BrH.Zn/c1-9-8-12(14-2)10-6-4-5-7-11(10)13(9)15-3;;/h4-8H,1H2,2-3H3;1H;. The van der Waals surface area contributed by atoms with Gasteiger partial charge in [-0.05, 0) is 0 Å². The van der Waals surface area contributed by atoms with E-state index in [4.69, 9.17) is 9.47 Å². The van der Waals surface area contributed by atoms with E-state index in [-0.39, 0.29) is 17.0 Å². The van der Waals surface area contributed by atoms with Crippen LogP contribution in [0.4, 0.5) is 0 Å². The number of hydrogen-bond acceptors (Lipinski definition) is 2. The number of halogens is 1. The van der Waals surface area contributed by atoms with Gasteiger partial charge in [0, 0.05) is 0 Å². The minimum atomic E-state index is 0. The maximum atomic E-state index is 5.51. The minimum absolute atomic E-state index is 0. The fraction of sp³-hybridized carbons (Fsp3) is 0.231. The van der Waals surface area contributed by atoms with Gasteiger partial charge in [0.25, 0.3) is 0 Å². The Kier molecular flexibility index (Phi) is 5.42. The molecule has 0 bridgehead atoms. The Morgan fingerprint density at radius 3 is 2.24 bits per heavy atom. The third-order valence-electron chi connectivity index (χ3n) is 2.73. The molecule has 2 aromatic rings. The molecule has 0 aliphatic heterocycles. The van der Waals surface area contributed by atoms with Crippen molar-refractivity contribution in [1.29, 1.82) is 0 Å². The zero-order valence-electron chi connectivity index (χ0n) is 10.0. The van der Waals surface area contributed by atoms with Gasteiger partial charge in [0.15, 0.2) is 0 Å². The Hall–Kier alpha value is -0.597. The Bertz CT molecular complexity index is 514. The Morgan fingerprint density at radius 1 is 1.06 bits per heavy atom. The molecule has 0 heterocycles. The van der Waals surface area contributed by atoms with Crippen molar-refractivity contribution in [2.75, 3.05) is 14.2 Å². The second-order valence-corrected chi connectivity index (χ2v) is 4.62. The van der Waals surface area contributed by atoms with E-state index in [1.165, 1.54) is 23.9 Å². The van der Waals surface area contributed by atoms with Gasteiger partial charge in [-0.1, -0.05) is 0 Å². The van der Waals surface area contributed by atoms with Crippen LogP contribution in [-0.2, 0) is 23.3 Å². The molecular weight excluding hydrogens is 333 g/mol. The fourth-order valence-electron chi connectivity index (χ4n) is 1.97. The zero-order valence-corrected chi connectivity index (χ0v) is 14.7. The molecule has 0 fully saturated rings. The van der Waals surface area contributed by atoms with Gasteiger partial charge in [-0.25, -0.2) is 0 Å². The summed E-state index contributed by atoms with van der Waals surface area (Å²) in [4.78, 5) is 0. The van der Waals surface area contributed by atoms with Crippen LogP contribution in [0.25, 0.3) is 10.8 Å². The van der Waals surface area contributed by atoms with Crippen molar-refractivity contribution in [3.05, 3.63) is 35.9 Å². The van der Waals surface area contributed by atoms with Crippen molar-refractivity contribution in [3.63, 3.8) is 0 Å². The van der Waals surface area contributed by atoms with Gasteiger partial charge in [-0.3, -0.25) is 0 Å². The molecule has 0 aliphatic carbocycles. The summed E-state index contributed by atoms with van der Waals surface area (Å²) in [7, 11) is 3.44. The number of ether oxygens (including phenoxy) is 2. The van der Waals surface area contributed by atoms with E-state index in [1.807, 2.05) is 12.1 Å². The van der Waals surface area contributed by atoms with Crippen LogP contribution in [0.1, 0.15) is 5.56 Å². The van der Waals surface area contributed by atoms with Crippen LogP contribution in [-0.4, -0.2) is 14.2 Å². The molecule has 2 nitrogen and oxygen atoms in total. The normalized spacial score (nSPS) is 9.88. The van der Waals surface area contributed by atoms with E-state index >= 15 is 0 Å². The summed E-state index contributed by atoms with van der Waals surface area (Å²) in [5.74, 6) is 1.92. The average Bonchev–Trinajstić information content (AvgIpc) is 2.36. The first-order valence-corrected chi connectivity index (χ1v) is 7.33. The molecule has 0 aliphatic rings. The van der Waals surface area contributed by atoms with Crippen LogP contribution in [0.2, 0.25) is 0 Å². The number of rotatable bonds is 3. The Labute approximate surface area is 122 Å². The summed E-state index contributed by atoms with van der Waals surface area (Å²) in [6.07, 6.45) is 0. The van der Waals surface area contributed by atoms with Crippen molar-refractivity contribution in [1.82, 2.24) is 0 Å². The number of hydrogen-bond donors (Lipinski definition) is 0. The van der Waals surface area contributed by atoms with Crippen molar-refractivity contribution in [2.24, 2.45) is 0 Å². The summed E-state index contributed by atoms with van der Waals surface area (Å²) < 4.78 is 10.9.